The van der Waals surface area contributed by atoms with E-state index in [1.165, 1.54) is 4.57 Å². The summed E-state index contributed by atoms with van der Waals surface area (Å²) in [5.74, 6) is -1.04. The number of halogens is 1. The maximum absolute atomic E-state index is 13.0. The third-order valence-electron chi connectivity index (χ3n) is 5.07. The molecular weight excluding hydrogens is 474 g/mol. The highest BCUT2D eigenvalue weighted by molar-refractivity contribution is 9.10. The van der Waals surface area contributed by atoms with Crippen molar-refractivity contribution in [1.82, 2.24) is 9.88 Å². The smallest absolute Gasteiger partial charge is 0.319 e. The Hall–Kier alpha value is -3.39. The summed E-state index contributed by atoms with van der Waals surface area (Å²) in [6, 6.07) is 15.2. The van der Waals surface area contributed by atoms with Crippen LogP contribution in [0.4, 0.5) is 10.5 Å². The van der Waals surface area contributed by atoms with Crippen LogP contribution in [0.5, 0.6) is 0 Å². The number of aryl methyl sites for hydroxylation is 2. The Labute approximate surface area is 194 Å². The number of pyridine rings is 1. The molecule has 3 rings (SSSR count). The number of nitrogens with one attached hydrogen (secondary N) is 2. The molecule has 0 saturated carbocycles. The Balaban J connectivity index is 1.81. The Morgan fingerprint density at radius 3 is 2.41 bits per heavy atom. The van der Waals surface area contributed by atoms with Crippen LogP contribution in [-0.2, 0) is 11.3 Å². The third-order valence-corrected chi connectivity index (χ3v) is 5.85. The summed E-state index contributed by atoms with van der Waals surface area (Å²) in [5.41, 5.74) is 3.03. The normalized spacial score (nSPS) is 11.6. The Kier molecular flexibility index (Phi) is 7.48. The molecule has 0 aliphatic rings. The Morgan fingerprint density at radius 1 is 1.06 bits per heavy atom. The number of hydrogen-bond donors (Lipinski definition) is 3. The molecule has 1 heterocycles. The van der Waals surface area contributed by atoms with Gasteiger partial charge in [0.1, 0.15) is 5.69 Å². The summed E-state index contributed by atoms with van der Waals surface area (Å²) in [6.07, 6.45) is 1.40. The van der Waals surface area contributed by atoms with E-state index >= 15 is 0 Å². The number of nitrogens with zero attached hydrogens (tertiary/aromatic N) is 1. The van der Waals surface area contributed by atoms with Gasteiger partial charge in [0.05, 0.1) is 19.0 Å². The number of amides is 2. The van der Waals surface area contributed by atoms with Gasteiger partial charge in [-0.05, 0) is 42.7 Å². The second kappa shape index (κ2) is 10.3. The third kappa shape index (κ3) is 5.85. The van der Waals surface area contributed by atoms with E-state index in [9.17, 15) is 19.5 Å². The highest BCUT2D eigenvalue weighted by Gasteiger charge is 2.19. The van der Waals surface area contributed by atoms with E-state index in [1.807, 2.05) is 43.3 Å². The summed E-state index contributed by atoms with van der Waals surface area (Å²) in [6.45, 7) is 3.99. The van der Waals surface area contributed by atoms with Crippen LogP contribution in [0.15, 0.2) is 70.1 Å². The van der Waals surface area contributed by atoms with Gasteiger partial charge in [-0.1, -0.05) is 64.0 Å². The predicted molar refractivity (Wildman–Crippen MR) is 127 cm³/mol. The van der Waals surface area contributed by atoms with Crippen LogP contribution in [-0.4, -0.2) is 21.7 Å². The van der Waals surface area contributed by atoms with Crippen LogP contribution in [0.3, 0.4) is 0 Å². The molecule has 1 atom stereocenters. The van der Waals surface area contributed by atoms with Crippen molar-refractivity contribution in [3.8, 4) is 0 Å². The summed E-state index contributed by atoms with van der Waals surface area (Å²) < 4.78 is 2.39. The minimum Gasteiger partial charge on any atom is -0.481 e. The SMILES string of the molecule is Cc1ccc([C@H](CC(=O)O)NC(=O)Nc2c(C)ccn(Cc3ccccc3Br)c2=O)cc1. The number of benzene rings is 2. The van der Waals surface area contributed by atoms with Gasteiger partial charge in [-0.2, -0.15) is 0 Å². The summed E-state index contributed by atoms with van der Waals surface area (Å²) in [7, 11) is 0. The number of hydrogen-bond acceptors (Lipinski definition) is 3. The van der Waals surface area contributed by atoms with E-state index in [4.69, 9.17) is 0 Å². The van der Waals surface area contributed by atoms with Gasteiger partial charge < -0.3 is 20.3 Å². The lowest BCUT2D eigenvalue weighted by Crippen LogP contribution is -2.36. The minimum atomic E-state index is -1.04. The van der Waals surface area contributed by atoms with Crippen molar-refractivity contribution in [3.05, 3.63) is 97.9 Å². The number of carboxylic acids is 1. The molecule has 0 fully saturated rings. The lowest BCUT2D eigenvalue weighted by molar-refractivity contribution is -0.137. The molecule has 3 N–H and O–H groups in total. The number of aromatic nitrogens is 1. The van der Waals surface area contributed by atoms with Gasteiger partial charge in [-0.3, -0.25) is 9.59 Å². The van der Waals surface area contributed by atoms with E-state index in [0.717, 1.165) is 15.6 Å². The van der Waals surface area contributed by atoms with Crippen molar-refractivity contribution in [3.63, 3.8) is 0 Å². The van der Waals surface area contributed by atoms with Crippen molar-refractivity contribution >= 4 is 33.6 Å². The van der Waals surface area contributed by atoms with Gasteiger partial charge in [0.2, 0.25) is 0 Å². The van der Waals surface area contributed by atoms with Crippen LogP contribution >= 0.6 is 15.9 Å². The van der Waals surface area contributed by atoms with Gasteiger partial charge in [-0.25, -0.2) is 4.79 Å². The number of carbonyl (C=O) groups is 2. The van der Waals surface area contributed by atoms with E-state index in [-0.39, 0.29) is 17.7 Å². The fourth-order valence-electron chi connectivity index (χ4n) is 3.29. The van der Waals surface area contributed by atoms with Crippen molar-refractivity contribution < 1.29 is 14.7 Å². The molecule has 7 nitrogen and oxygen atoms in total. The average molecular weight is 498 g/mol. The van der Waals surface area contributed by atoms with Crippen molar-refractivity contribution in [2.75, 3.05) is 5.32 Å². The molecule has 166 valence electrons. The zero-order valence-corrected chi connectivity index (χ0v) is 19.3. The quantitative estimate of drug-likeness (QED) is 0.443. The summed E-state index contributed by atoms with van der Waals surface area (Å²) in [4.78, 5) is 37.0. The maximum atomic E-state index is 13.0. The summed E-state index contributed by atoms with van der Waals surface area (Å²) >= 11 is 3.48. The molecule has 0 saturated heterocycles. The molecule has 0 bridgehead atoms. The molecule has 3 aromatic rings. The standard InChI is InChI=1S/C24H24BrN3O4/c1-15-7-9-17(10-8-15)20(13-21(29)30)26-24(32)27-22-16(2)11-12-28(23(22)31)14-18-5-3-4-6-19(18)25/h3-12,20H,13-14H2,1-2H3,(H,29,30)(H2,26,27,32)/t20-/m0/s1. The highest BCUT2D eigenvalue weighted by Crippen LogP contribution is 2.19. The minimum absolute atomic E-state index is 0.148. The van der Waals surface area contributed by atoms with Crippen molar-refractivity contribution in [1.29, 1.82) is 0 Å². The fraction of sp³-hybridized carbons (Fsp3) is 0.208. The van der Waals surface area contributed by atoms with E-state index < -0.39 is 18.0 Å². The van der Waals surface area contributed by atoms with Gasteiger partial charge in [0.25, 0.3) is 5.56 Å². The number of urea groups is 1. The van der Waals surface area contributed by atoms with Gasteiger partial charge in [-0.15, -0.1) is 0 Å². The molecule has 1 aromatic heterocycles. The van der Waals surface area contributed by atoms with Crippen molar-refractivity contribution in [2.24, 2.45) is 0 Å². The second-order valence-electron chi connectivity index (χ2n) is 7.56. The average Bonchev–Trinajstić information content (AvgIpc) is 2.74. The molecule has 32 heavy (non-hydrogen) atoms. The molecular formula is C24H24BrN3O4. The Morgan fingerprint density at radius 2 is 1.75 bits per heavy atom. The highest BCUT2D eigenvalue weighted by atomic mass is 79.9. The number of carboxylic acid groups (broad SMARTS) is 1. The molecule has 0 spiro atoms. The number of aliphatic carboxylic acids is 1. The molecule has 8 heteroatoms. The molecule has 0 radical (unpaired) electrons. The van der Waals surface area contributed by atoms with Crippen LogP contribution in [0.25, 0.3) is 0 Å². The molecule has 0 aliphatic carbocycles. The lowest BCUT2D eigenvalue weighted by Gasteiger charge is -2.19. The largest absolute Gasteiger partial charge is 0.481 e. The fourth-order valence-corrected chi connectivity index (χ4v) is 3.70. The zero-order chi connectivity index (χ0) is 23.3. The van der Waals surface area contributed by atoms with Crippen LogP contribution in [0.1, 0.15) is 34.7 Å². The van der Waals surface area contributed by atoms with Gasteiger partial charge >= 0.3 is 12.0 Å². The van der Waals surface area contributed by atoms with Gasteiger partial charge in [0, 0.05) is 10.7 Å². The maximum Gasteiger partial charge on any atom is 0.319 e. The zero-order valence-electron chi connectivity index (χ0n) is 17.8. The number of rotatable bonds is 7. The van der Waals surface area contributed by atoms with E-state index in [2.05, 4.69) is 26.6 Å². The first-order chi connectivity index (χ1) is 15.2. The topological polar surface area (TPSA) is 100 Å². The summed E-state index contributed by atoms with van der Waals surface area (Å²) in [5, 5.41) is 14.6. The van der Waals surface area contributed by atoms with E-state index in [1.54, 1.807) is 31.3 Å². The monoisotopic (exact) mass is 497 g/mol. The van der Waals surface area contributed by atoms with Crippen LogP contribution < -0.4 is 16.2 Å². The van der Waals surface area contributed by atoms with Crippen molar-refractivity contribution in [2.45, 2.75) is 32.9 Å². The molecule has 2 aromatic carbocycles. The van der Waals surface area contributed by atoms with Crippen LogP contribution in [0.2, 0.25) is 0 Å². The number of anilines is 1. The second-order valence-corrected chi connectivity index (χ2v) is 8.41. The first-order valence-corrected chi connectivity index (χ1v) is 10.8. The number of carbonyl (C=O) groups excluding carboxylic acids is 1. The van der Waals surface area contributed by atoms with Crippen LogP contribution in [0, 0.1) is 13.8 Å². The molecule has 0 unspecified atom stereocenters. The lowest BCUT2D eigenvalue weighted by atomic mass is 10.0. The molecule has 0 aliphatic heterocycles. The first-order valence-electron chi connectivity index (χ1n) is 10.0. The molecule has 2 amide bonds. The Bertz CT molecular complexity index is 1190. The first kappa shape index (κ1) is 23.3. The van der Waals surface area contributed by atoms with E-state index in [0.29, 0.717) is 17.7 Å². The van der Waals surface area contributed by atoms with Gasteiger partial charge in [0.15, 0.2) is 0 Å². The predicted octanol–water partition coefficient (Wildman–Crippen LogP) is 4.61.